The van der Waals surface area contributed by atoms with Gasteiger partial charge in [0.1, 0.15) is 10.7 Å². The zero-order chi connectivity index (χ0) is 23.7. The molecule has 0 unspecified atom stereocenters. The lowest BCUT2D eigenvalue weighted by atomic mass is 10.1. The Balaban J connectivity index is 1.39. The lowest BCUT2D eigenvalue weighted by Crippen LogP contribution is -2.26. The van der Waals surface area contributed by atoms with E-state index in [1.807, 2.05) is 52.9 Å². The molecular weight excluding hydrogens is 468 g/mol. The molecule has 2 amide bonds. The summed E-state index contributed by atoms with van der Waals surface area (Å²) in [6, 6.07) is 9.93. The van der Waals surface area contributed by atoms with Crippen LogP contribution in [0.2, 0.25) is 0 Å². The number of nitrogens with two attached hydrogens (primary N) is 1. The summed E-state index contributed by atoms with van der Waals surface area (Å²) in [5.74, 6) is -0.224. The molecule has 0 aliphatic carbocycles. The molecule has 1 aromatic carbocycles. The van der Waals surface area contributed by atoms with Gasteiger partial charge in [0.05, 0.1) is 17.0 Å². The molecule has 1 aliphatic rings. The molecule has 0 atom stereocenters. The normalized spacial score (nSPS) is 13.7. The highest BCUT2D eigenvalue weighted by Crippen LogP contribution is 2.32. The summed E-state index contributed by atoms with van der Waals surface area (Å²) in [6.45, 7) is 4.13. The summed E-state index contributed by atoms with van der Waals surface area (Å²) in [6.07, 6.45) is 2.38. The monoisotopic (exact) mass is 492 g/mol. The van der Waals surface area contributed by atoms with Gasteiger partial charge in [0.2, 0.25) is 5.91 Å². The second-order valence-electron chi connectivity index (χ2n) is 8.29. The van der Waals surface area contributed by atoms with E-state index in [-0.39, 0.29) is 5.91 Å². The van der Waals surface area contributed by atoms with Crippen LogP contribution in [0.15, 0.2) is 41.1 Å². The third kappa shape index (κ3) is 4.38. The minimum absolute atomic E-state index is 0.225. The van der Waals surface area contributed by atoms with Crippen molar-refractivity contribution in [3.05, 3.63) is 52.3 Å². The number of primary amides is 1. The van der Waals surface area contributed by atoms with Gasteiger partial charge in [-0.1, -0.05) is 28.8 Å². The number of nitrogens with zero attached hydrogens (tertiary/aromatic N) is 5. The predicted molar refractivity (Wildman–Crippen MR) is 134 cm³/mol. The maximum Gasteiger partial charge on any atom is 0.250 e. The fourth-order valence-corrected chi connectivity index (χ4v) is 5.64. The Labute approximate surface area is 205 Å². The summed E-state index contributed by atoms with van der Waals surface area (Å²) in [5.41, 5.74) is 11.5. The van der Waals surface area contributed by atoms with E-state index in [0.29, 0.717) is 25.1 Å². The molecule has 3 aromatic heterocycles. The van der Waals surface area contributed by atoms with Crippen LogP contribution in [0.25, 0.3) is 33.2 Å². The van der Waals surface area contributed by atoms with Crippen LogP contribution < -0.4 is 5.73 Å². The van der Waals surface area contributed by atoms with Crippen LogP contribution in [-0.2, 0) is 11.3 Å². The Morgan fingerprint density at radius 2 is 1.91 bits per heavy atom. The van der Waals surface area contributed by atoms with Gasteiger partial charge in [-0.2, -0.15) is 0 Å². The number of benzene rings is 1. The van der Waals surface area contributed by atoms with Gasteiger partial charge in [-0.25, -0.2) is 4.98 Å². The molecule has 174 valence electrons. The van der Waals surface area contributed by atoms with Crippen molar-refractivity contribution in [3.8, 4) is 33.2 Å². The molecule has 0 saturated carbocycles. The van der Waals surface area contributed by atoms with Crippen molar-refractivity contribution in [2.75, 3.05) is 13.1 Å². The van der Waals surface area contributed by atoms with E-state index in [1.165, 1.54) is 11.5 Å². The van der Waals surface area contributed by atoms with E-state index in [0.717, 1.165) is 58.3 Å². The summed E-state index contributed by atoms with van der Waals surface area (Å²) >= 11 is 2.89. The number of likely N-dealkylation sites (tertiary alicyclic amines) is 1. The van der Waals surface area contributed by atoms with Gasteiger partial charge >= 0.3 is 0 Å². The molecule has 1 aliphatic heterocycles. The van der Waals surface area contributed by atoms with E-state index >= 15 is 0 Å². The molecule has 2 N–H and O–H groups in total. The van der Waals surface area contributed by atoms with Gasteiger partial charge in [0.15, 0.2) is 0 Å². The van der Waals surface area contributed by atoms with Gasteiger partial charge in [0, 0.05) is 53.6 Å². The first-order chi connectivity index (χ1) is 16.5. The quantitative estimate of drug-likeness (QED) is 0.396. The van der Waals surface area contributed by atoms with Gasteiger partial charge in [-0.3, -0.25) is 9.59 Å². The Morgan fingerprint density at radius 1 is 1.12 bits per heavy atom. The van der Waals surface area contributed by atoms with Crippen molar-refractivity contribution in [1.29, 1.82) is 0 Å². The Bertz CT molecular complexity index is 1320. The van der Waals surface area contributed by atoms with Crippen LogP contribution in [-0.4, -0.2) is 48.9 Å². The minimum Gasteiger partial charge on any atom is -0.366 e. The molecule has 0 spiro atoms. The van der Waals surface area contributed by atoms with Crippen LogP contribution in [0.3, 0.4) is 0 Å². The molecule has 1 saturated heterocycles. The average Bonchev–Trinajstić information content (AvgIpc) is 3.62. The maximum absolute atomic E-state index is 12.0. The summed E-state index contributed by atoms with van der Waals surface area (Å²) in [7, 11) is 0. The number of carbonyl (C=O) groups excluding carboxylic acids is 2. The van der Waals surface area contributed by atoms with Crippen molar-refractivity contribution >= 4 is 34.7 Å². The molecule has 1 fully saturated rings. The first-order valence-corrected chi connectivity index (χ1v) is 12.8. The molecule has 4 heterocycles. The number of amides is 2. The molecule has 8 nitrogen and oxygen atoms in total. The molecule has 5 rings (SSSR count). The molecular formula is C24H24N6O2S2. The number of hydrogen-bond donors (Lipinski definition) is 1. The number of rotatable bonds is 8. The van der Waals surface area contributed by atoms with E-state index in [9.17, 15) is 9.59 Å². The van der Waals surface area contributed by atoms with Crippen LogP contribution in [0, 0.1) is 6.92 Å². The van der Waals surface area contributed by atoms with E-state index in [1.54, 1.807) is 11.3 Å². The van der Waals surface area contributed by atoms with Crippen LogP contribution in [0.1, 0.15) is 35.3 Å². The predicted octanol–water partition coefficient (Wildman–Crippen LogP) is 4.22. The number of thiazole rings is 1. The second kappa shape index (κ2) is 9.47. The van der Waals surface area contributed by atoms with Crippen LogP contribution in [0.4, 0.5) is 0 Å². The SMILES string of the molecule is Cc1c(C(N)=O)cc(-c2csc(-c3ccc(-c4csnn4)cc3)n2)n1CCCN1CCCC1=O. The molecule has 0 radical (unpaired) electrons. The zero-order valence-electron chi connectivity index (χ0n) is 18.7. The number of aromatic nitrogens is 4. The standard InChI is InChI=1S/C24H24N6O2S2/c1-15-18(23(25)32)12-21(30(15)11-3-10-29-9-2-4-22(29)31)20-13-33-24(26-20)17-7-5-16(6-8-17)19-14-34-28-27-19/h5-8,12-14H,2-4,9-11H2,1H3,(H2,25,32). The Hall–Kier alpha value is -3.37. The largest absolute Gasteiger partial charge is 0.366 e. The van der Waals surface area contributed by atoms with Gasteiger partial charge in [-0.05, 0) is 37.4 Å². The van der Waals surface area contributed by atoms with Crippen LogP contribution in [0.5, 0.6) is 0 Å². The Kier molecular flexibility index (Phi) is 6.25. The smallest absolute Gasteiger partial charge is 0.250 e. The highest BCUT2D eigenvalue weighted by molar-refractivity contribution is 7.13. The van der Waals surface area contributed by atoms with E-state index < -0.39 is 5.91 Å². The maximum atomic E-state index is 12.0. The van der Waals surface area contributed by atoms with Crippen LogP contribution >= 0.6 is 22.9 Å². The van der Waals surface area contributed by atoms with Gasteiger partial charge in [0.25, 0.3) is 5.91 Å². The third-order valence-corrected chi connectivity index (χ3v) is 7.56. The number of carbonyl (C=O) groups is 2. The van der Waals surface area contributed by atoms with E-state index in [2.05, 4.69) is 14.2 Å². The minimum atomic E-state index is -0.449. The summed E-state index contributed by atoms with van der Waals surface area (Å²) in [4.78, 5) is 30.8. The fraction of sp³-hybridized carbons (Fsp3) is 0.292. The Morgan fingerprint density at radius 3 is 2.59 bits per heavy atom. The lowest BCUT2D eigenvalue weighted by molar-refractivity contribution is -0.127. The van der Waals surface area contributed by atoms with Crippen molar-refractivity contribution in [3.63, 3.8) is 0 Å². The first-order valence-electron chi connectivity index (χ1n) is 11.1. The van der Waals surface area contributed by atoms with Gasteiger partial charge in [-0.15, -0.1) is 16.4 Å². The van der Waals surface area contributed by atoms with Gasteiger partial charge < -0.3 is 15.2 Å². The second-order valence-corrected chi connectivity index (χ2v) is 9.76. The molecule has 34 heavy (non-hydrogen) atoms. The molecule has 4 aromatic rings. The van der Waals surface area contributed by atoms with Crippen molar-refractivity contribution in [1.82, 2.24) is 24.0 Å². The van der Waals surface area contributed by atoms with Crippen molar-refractivity contribution in [2.24, 2.45) is 5.73 Å². The average molecular weight is 493 g/mol. The summed E-state index contributed by atoms with van der Waals surface area (Å²) < 4.78 is 6.01. The molecule has 0 bridgehead atoms. The lowest BCUT2D eigenvalue weighted by Gasteiger charge is -2.17. The summed E-state index contributed by atoms with van der Waals surface area (Å²) in [5, 5.41) is 8.94. The number of hydrogen-bond acceptors (Lipinski definition) is 7. The highest BCUT2D eigenvalue weighted by Gasteiger charge is 2.21. The zero-order valence-corrected chi connectivity index (χ0v) is 20.4. The third-order valence-electron chi connectivity index (χ3n) is 6.17. The van der Waals surface area contributed by atoms with Crippen molar-refractivity contribution < 1.29 is 9.59 Å². The van der Waals surface area contributed by atoms with E-state index in [4.69, 9.17) is 10.7 Å². The molecule has 10 heteroatoms. The first kappa shape index (κ1) is 22.4. The fourth-order valence-electron chi connectivity index (χ4n) is 4.35. The highest BCUT2D eigenvalue weighted by atomic mass is 32.1. The topological polar surface area (TPSA) is 107 Å². The van der Waals surface area contributed by atoms with Crippen molar-refractivity contribution in [2.45, 2.75) is 32.7 Å².